The van der Waals surface area contributed by atoms with Gasteiger partial charge in [0.15, 0.2) is 0 Å². The minimum Gasteiger partial charge on any atom is -0.491 e. The van der Waals surface area contributed by atoms with Crippen LogP contribution < -0.4 is 4.74 Å². The summed E-state index contributed by atoms with van der Waals surface area (Å²) in [7, 11) is 0. The summed E-state index contributed by atoms with van der Waals surface area (Å²) in [5, 5.41) is 0. The van der Waals surface area contributed by atoms with Gasteiger partial charge in [-0.15, -0.1) is 0 Å². The summed E-state index contributed by atoms with van der Waals surface area (Å²) in [4.78, 5) is 2.44. The Hall–Kier alpha value is -2.66. The second-order valence-electron chi connectivity index (χ2n) is 8.90. The van der Waals surface area contributed by atoms with Crippen LogP contribution in [0.2, 0.25) is 0 Å². The maximum Gasteiger partial charge on any atom is 0.146 e. The van der Waals surface area contributed by atoms with E-state index >= 15 is 0 Å². The van der Waals surface area contributed by atoms with Crippen molar-refractivity contribution < 1.29 is 13.5 Å². The van der Waals surface area contributed by atoms with Gasteiger partial charge in [0, 0.05) is 25.0 Å². The molecule has 2 aromatic carbocycles. The van der Waals surface area contributed by atoms with Crippen LogP contribution in [0.3, 0.4) is 0 Å². The molecule has 1 saturated carbocycles. The molecule has 0 N–H and O–H groups in total. The lowest BCUT2D eigenvalue weighted by molar-refractivity contribution is 0.204. The minimum absolute atomic E-state index is 0.186. The Morgan fingerprint density at radius 2 is 1.61 bits per heavy atom. The van der Waals surface area contributed by atoms with E-state index in [1.54, 1.807) is 6.07 Å². The Labute approximate surface area is 182 Å². The molecule has 0 atom stereocenters. The van der Waals surface area contributed by atoms with Crippen molar-refractivity contribution in [3.63, 3.8) is 0 Å². The zero-order valence-electron chi connectivity index (χ0n) is 17.6. The van der Waals surface area contributed by atoms with E-state index in [1.807, 2.05) is 12.1 Å². The third-order valence-corrected chi connectivity index (χ3v) is 6.47. The Morgan fingerprint density at radius 1 is 0.871 bits per heavy atom. The molecular formula is C26H28F2N2O. The quantitative estimate of drug-likeness (QED) is 0.470. The predicted molar refractivity (Wildman–Crippen MR) is 118 cm³/mol. The second-order valence-corrected chi connectivity index (χ2v) is 8.90. The van der Waals surface area contributed by atoms with E-state index in [1.165, 1.54) is 42.7 Å². The van der Waals surface area contributed by atoms with E-state index < -0.39 is 0 Å². The number of aromatic nitrogens is 1. The van der Waals surface area contributed by atoms with Crippen LogP contribution in [-0.2, 0) is 6.54 Å². The Bertz CT molecular complexity index is 1020. The Kier molecular flexibility index (Phi) is 5.77. The van der Waals surface area contributed by atoms with E-state index in [9.17, 15) is 8.78 Å². The molecule has 2 fully saturated rings. The van der Waals surface area contributed by atoms with Crippen LogP contribution in [0.4, 0.5) is 8.78 Å². The number of halogens is 2. The summed E-state index contributed by atoms with van der Waals surface area (Å²) in [5.41, 5.74) is 3.36. The molecule has 1 aromatic heterocycles. The molecule has 162 valence electrons. The van der Waals surface area contributed by atoms with Crippen molar-refractivity contribution in [1.29, 1.82) is 0 Å². The first-order valence-electron chi connectivity index (χ1n) is 11.2. The first kappa shape index (κ1) is 20.3. The summed E-state index contributed by atoms with van der Waals surface area (Å²) in [6.45, 7) is 3.58. The number of ether oxygens (including phenoxy) is 1. The number of hydrogen-bond donors (Lipinski definition) is 0. The fraction of sp³-hybridized carbons (Fsp3) is 0.385. The van der Waals surface area contributed by atoms with Gasteiger partial charge in [0.2, 0.25) is 0 Å². The smallest absolute Gasteiger partial charge is 0.146 e. The zero-order valence-corrected chi connectivity index (χ0v) is 17.6. The van der Waals surface area contributed by atoms with Gasteiger partial charge in [0.05, 0.1) is 12.3 Å². The molecule has 31 heavy (non-hydrogen) atoms. The van der Waals surface area contributed by atoms with Crippen molar-refractivity contribution >= 4 is 0 Å². The van der Waals surface area contributed by atoms with Crippen molar-refractivity contribution in [2.24, 2.45) is 5.92 Å². The monoisotopic (exact) mass is 422 g/mol. The summed E-state index contributed by atoms with van der Waals surface area (Å²) < 4.78 is 34.9. The molecule has 1 aliphatic heterocycles. The summed E-state index contributed by atoms with van der Waals surface area (Å²) >= 11 is 0. The average molecular weight is 423 g/mol. The lowest BCUT2D eigenvalue weighted by Gasteiger charge is -2.31. The molecule has 1 aliphatic carbocycles. The molecule has 5 rings (SSSR count). The van der Waals surface area contributed by atoms with Gasteiger partial charge in [-0.2, -0.15) is 0 Å². The predicted octanol–water partition coefficient (Wildman–Crippen LogP) is 5.92. The van der Waals surface area contributed by atoms with Crippen LogP contribution in [0.25, 0.3) is 5.69 Å². The second kappa shape index (κ2) is 8.83. The van der Waals surface area contributed by atoms with Gasteiger partial charge in [-0.25, -0.2) is 8.78 Å². The van der Waals surface area contributed by atoms with Crippen LogP contribution in [-0.4, -0.2) is 29.2 Å². The number of benzene rings is 2. The summed E-state index contributed by atoms with van der Waals surface area (Å²) in [5.74, 6) is 1.30. The molecular weight excluding hydrogens is 394 g/mol. The third-order valence-electron chi connectivity index (χ3n) is 6.47. The van der Waals surface area contributed by atoms with Crippen LogP contribution in [0, 0.1) is 17.6 Å². The van der Waals surface area contributed by atoms with Crippen LogP contribution >= 0.6 is 0 Å². The third kappa shape index (κ3) is 4.99. The van der Waals surface area contributed by atoms with Crippen molar-refractivity contribution in [2.75, 3.05) is 19.7 Å². The highest BCUT2D eigenvalue weighted by Crippen LogP contribution is 2.33. The van der Waals surface area contributed by atoms with Crippen LogP contribution in [0.5, 0.6) is 5.75 Å². The Morgan fingerprint density at radius 3 is 2.35 bits per heavy atom. The normalized spacial score (nSPS) is 17.7. The van der Waals surface area contributed by atoms with Gasteiger partial charge in [-0.1, -0.05) is 12.1 Å². The van der Waals surface area contributed by atoms with Crippen molar-refractivity contribution in [2.45, 2.75) is 38.1 Å². The Balaban J connectivity index is 1.22. The maximum atomic E-state index is 13.8. The molecule has 0 spiro atoms. The van der Waals surface area contributed by atoms with E-state index in [0.29, 0.717) is 24.2 Å². The first-order valence-corrected chi connectivity index (χ1v) is 11.2. The lowest BCUT2D eigenvalue weighted by atomic mass is 9.91. The van der Waals surface area contributed by atoms with Gasteiger partial charge in [-0.05, 0) is 92.1 Å². The number of piperidine rings is 1. The largest absolute Gasteiger partial charge is 0.491 e. The number of likely N-dealkylation sites (tertiary alicyclic amines) is 1. The molecule has 5 heteroatoms. The topological polar surface area (TPSA) is 17.4 Å². The van der Waals surface area contributed by atoms with E-state index in [2.05, 4.69) is 27.9 Å². The van der Waals surface area contributed by atoms with E-state index in [-0.39, 0.29) is 11.6 Å². The fourth-order valence-electron chi connectivity index (χ4n) is 4.39. The van der Waals surface area contributed by atoms with Crippen molar-refractivity contribution in [3.05, 3.63) is 83.7 Å². The summed E-state index contributed by atoms with van der Waals surface area (Å²) in [6, 6.07) is 13.8. The van der Waals surface area contributed by atoms with E-state index in [0.717, 1.165) is 43.7 Å². The average Bonchev–Trinajstić information content (AvgIpc) is 3.49. The SMILES string of the molecule is Fc1ccc(CN2CCC(c3ccn(-c4ccc(F)cc4OCC4CC4)c3)CC2)cc1. The van der Waals surface area contributed by atoms with Crippen molar-refractivity contribution in [1.82, 2.24) is 9.47 Å². The molecule has 3 aromatic rings. The highest BCUT2D eigenvalue weighted by molar-refractivity contribution is 5.48. The molecule has 1 saturated heterocycles. The van der Waals surface area contributed by atoms with Crippen LogP contribution in [0.1, 0.15) is 42.7 Å². The van der Waals surface area contributed by atoms with Crippen molar-refractivity contribution in [3.8, 4) is 11.4 Å². The molecule has 0 bridgehead atoms. The van der Waals surface area contributed by atoms with E-state index in [4.69, 9.17) is 4.74 Å². The lowest BCUT2D eigenvalue weighted by Crippen LogP contribution is -2.32. The first-order chi connectivity index (χ1) is 15.1. The van der Waals surface area contributed by atoms with Gasteiger partial charge in [0.25, 0.3) is 0 Å². The molecule has 2 aliphatic rings. The minimum atomic E-state index is -0.268. The van der Waals surface area contributed by atoms with Gasteiger partial charge < -0.3 is 9.30 Å². The van der Waals surface area contributed by atoms with Gasteiger partial charge >= 0.3 is 0 Å². The number of hydrogen-bond acceptors (Lipinski definition) is 2. The van der Waals surface area contributed by atoms with Gasteiger partial charge in [-0.3, -0.25) is 4.90 Å². The maximum absolute atomic E-state index is 13.8. The number of nitrogens with zero attached hydrogens (tertiary/aromatic N) is 2. The molecule has 3 nitrogen and oxygen atoms in total. The highest BCUT2D eigenvalue weighted by atomic mass is 19.1. The fourth-order valence-corrected chi connectivity index (χ4v) is 4.39. The summed E-state index contributed by atoms with van der Waals surface area (Å²) in [6.07, 6.45) is 8.82. The molecule has 2 heterocycles. The van der Waals surface area contributed by atoms with Crippen LogP contribution in [0.15, 0.2) is 60.9 Å². The standard InChI is InChI=1S/C26H28F2N2O/c27-23-5-3-19(4-6-23)16-29-12-9-21(10-13-29)22-11-14-30(17-22)25-8-7-24(28)15-26(25)31-18-20-1-2-20/h3-8,11,14-15,17,20-21H,1-2,9-10,12-13,16,18H2. The molecule has 0 radical (unpaired) electrons. The zero-order chi connectivity index (χ0) is 21.2. The molecule has 0 amide bonds. The number of rotatable bonds is 7. The highest BCUT2D eigenvalue weighted by Gasteiger charge is 2.24. The van der Waals surface area contributed by atoms with Gasteiger partial charge in [0.1, 0.15) is 17.4 Å². The molecule has 0 unspecified atom stereocenters.